The Labute approximate surface area is 303 Å². The highest BCUT2D eigenvalue weighted by molar-refractivity contribution is 7.00. The molecule has 6 aromatic rings. The zero-order valence-electron chi connectivity index (χ0n) is 30.4. The van der Waals surface area contributed by atoms with Crippen molar-refractivity contribution >= 4 is 57.2 Å². The fraction of sp³-hybridized carbons (Fsp3) is 0.250. The number of nitrogens with zero attached hydrogens (tertiary/aromatic N) is 2. The Bertz CT molecular complexity index is 2350. The Morgan fingerprint density at radius 1 is 0.569 bits per heavy atom. The van der Waals surface area contributed by atoms with Crippen molar-refractivity contribution in [3.05, 3.63) is 151 Å². The van der Waals surface area contributed by atoms with E-state index in [9.17, 15) is 0 Å². The summed E-state index contributed by atoms with van der Waals surface area (Å²) in [6.45, 7) is 12.8. The summed E-state index contributed by atoms with van der Waals surface area (Å²) < 4.78 is 0. The largest absolute Gasteiger partial charge is 0.311 e. The molecular weight excluding hydrogens is 615 g/mol. The second kappa shape index (κ2) is 10.7. The number of para-hydroxylation sites is 3. The van der Waals surface area contributed by atoms with Gasteiger partial charge in [-0.25, -0.2) is 0 Å². The fourth-order valence-corrected chi connectivity index (χ4v) is 11.5. The molecule has 3 atom stereocenters. The lowest BCUT2D eigenvalue weighted by molar-refractivity contribution is 0.0491. The van der Waals surface area contributed by atoms with Crippen LogP contribution in [0.2, 0.25) is 0 Å². The van der Waals surface area contributed by atoms with Crippen LogP contribution in [0, 0.1) is 16.7 Å². The van der Waals surface area contributed by atoms with E-state index in [2.05, 4.69) is 184 Å². The molecule has 2 heterocycles. The molecule has 2 aliphatic carbocycles. The summed E-state index contributed by atoms with van der Waals surface area (Å²) in [6.07, 6.45) is 3.54. The number of hydrogen-bond acceptors (Lipinski definition) is 2. The van der Waals surface area contributed by atoms with Gasteiger partial charge in [-0.3, -0.25) is 0 Å². The number of benzene rings is 6. The van der Waals surface area contributed by atoms with Gasteiger partial charge in [0.2, 0.25) is 0 Å². The molecule has 2 aliphatic heterocycles. The van der Waals surface area contributed by atoms with Crippen LogP contribution in [0.15, 0.2) is 140 Å². The minimum Gasteiger partial charge on any atom is -0.311 e. The van der Waals surface area contributed by atoms with Crippen LogP contribution in [0.4, 0.5) is 34.1 Å². The summed E-state index contributed by atoms with van der Waals surface area (Å²) in [4.78, 5) is 5.05. The zero-order valence-corrected chi connectivity index (χ0v) is 30.4. The second-order valence-electron chi connectivity index (χ2n) is 16.2. The SMILES string of the molecule is CCC1CC2(c3ccccc3-c3cc4c(cc32)B2c3ccccc3N(c3ccccc3)c3cccc(c32)N4c2ccccc2)C(C)(CC)C1(C)C. The van der Waals surface area contributed by atoms with Gasteiger partial charge in [-0.05, 0) is 117 Å². The molecule has 0 amide bonds. The lowest BCUT2D eigenvalue weighted by Gasteiger charge is -2.50. The van der Waals surface area contributed by atoms with Crippen molar-refractivity contribution in [1.82, 2.24) is 0 Å². The molecule has 0 saturated heterocycles. The van der Waals surface area contributed by atoms with E-state index in [-0.39, 0.29) is 23.0 Å². The van der Waals surface area contributed by atoms with Gasteiger partial charge >= 0.3 is 0 Å². The lowest BCUT2D eigenvalue weighted by Crippen LogP contribution is -2.61. The van der Waals surface area contributed by atoms with Crippen molar-refractivity contribution in [1.29, 1.82) is 0 Å². The first-order valence-corrected chi connectivity index (χ1v) is 19.1. The van der Waals surface area contributed by atoms with E-state index < -0.39 is 0 Å². The van der Waals surface area contributed by atoms with Gasteiger partial charge in [0, 0.05) is 39.5 Å². The monoisotopic (exact) mass is 660 g/mol. The minimum absolute atomic E-state index is 0.0610. The van der Waals surface area contributed by atoms with Gasteiger partial charge in [-0.1, -0.05) is 132 Å². The number of rotatable bonds is 4. The van der Waals surface area contributed by atoms with Gasteiger partial charge < -0.3 is 9.80 Å². The lowest BCUT2D eigenvalue weighted by atomic mass is 9.33. The average Bonchev–Trinajstić information content (AvgIpc) is 3.55. The zero-order chi connectivity index (χ0) is 34.7. The van der Waals surface area contributed by atoms with Gasteiger partial charge in [0.05, 0.1) is 0 Å². The third kappa shape index (κ3) is 3.74. The van der Waals surface area contributed by atoms with Gasteiger partial charge in [-0.2, -0.15) is 0 Å². The smallest absolute Gasteiger partial charge is 0.252 e. The van der Waals surface area contributed by atoms with Gasteiger partial charge in [0.15, 0.2) is 0 Å². The van der Waals surface area contributed by atoms with Crippen LogP contribution in [0.1, 0.15) is 65.0 Å². The molecule has 4 aliphatic rings. The number of hydrogen-bond donors (Lipinski definition) is 0. The highest BCUT2D eigenvalue weighted by Crippen LogP contribution is 2.74. The molecule has 2 nitrogen and oxygen atoms in total. The molecule has 1 saturated carbocycles. The van der Waals surface area contributed by atoms with E-state index in [0.717, 1.165) is 6.42 Å². The first-order chi connectivity index (χ1) is 24.9. The third-order valence-corrected chi connectivity index (χ3v) is 14.3. The standard InChI is InChI=1S/C48H45BN2/c1-6-32-31-48(47(5,7-2)46(32,3)4)37-24-15-14-23-35(37)36-29-44-40(30-38(36)48)49-39-25-16-17-26-41(39)50(33-19-10-8-11-20-33)42-27-18-28-43(45(42)49)51(44)34-21-12-9-13-22-34/h8-30,32H,6-7,31H2,1-5H3. The van der Waals surface area contributed by atoms with E-state index in [1.54, 1.807) is 11.1 Å². The molecule has 10 rings (SSSR count). The Hall–Kier alpha value is -5.02. The predicted octanol–water partition coefficient (Wildman–Crippen LogP) is 10.9. The van der Waals surface area contributed by atoms with E-state index in [4.69, 9.17) is 0 Å². The van der Waals surface area contributed by atoms with Crippen LogP contribution in [-0.2, 0) is 5.41 Å². The fourth-order valence-electron chi connectivity index (χ4n) is 11.5. The topological polar surface area (TPSA) is 6.48 Å². The first-order valence-electron chi connectivity index (χ1n) is 19.1. The minimum atomic E-state index is -0.0610. The van der Waals surface area contributed by atoms with Crippen molar-refractivity contribution in [2.45, 2.75) is 59.3 Å². The summed E-state index contributed by atoms with van der Waals surface area (Å²) in [5, 5.41) is 0. The predicted molar refractivity (Wildman–Crippen MR) is 217 cm³/mol. The van der Waals surface area contributed by atoms with E-state index >= 15 is 0 Å². The molecule has 1 spiro atoms. The van der Waals surface area contributed by atoms with Gasteiger partial charge in [0.25, 0.3) is 6.71 Å². The summed E-state index contributed by atoms with van der Waals surface area (Å²) in [5.41, 5.74) is 17.8. The molecule has 0 N–H and O–H groups in total. The van der Waals surface area contributed by atoms with E-state index in [0.29, 0.717) is 5.92 Å². The molecule has 0 radical (unpaired) electrons. The third-order valence-electron chi connectivity index (χ3n) is 14.3. The Balaban J connectivity index is 1.32. The van der Waals surface area contributed by atoms with Crippen molar-refractivity contribution in [3.63, 3.8) is 0 Å². The van der Waals surface area contributed by atoms with Crippen LogP contribution in [0.5, 0.6) is 0 Å². The van der Waals surface area contributed by atoms with Crippen molar-refractivity contribution in [3.8, 4) is 11.1 Å². The quantitative estimate of drug-likeness (QED) is 0.173. The molecule has 3 heteroatoms. The van der Waals surface area contributed by atoms with Crippen molar-refractivity contribution in [2.24, 2.45) is 16.7 Å². The molecule has 0 aromatic heterocycles. The van der Waals surface area contributed by atoms with Crippen molar-refractivity contribution < 1.29 is 0 Å². The van der Waals surface area contributed by atoms with E-state index in [1.807, 2.05) is 0 Å². The first kappa shape index (κ1) is 30.8. The average molecular weight is 661 g/mol. The highest BCUT2D eigenvalue weighted by Gasteiger charge is 2.67. The summed E-state index contributed by atoms with van der Waals surface area (Å²) in [5.74, 6) is 0.639. The van der Waals surface area contributed by atoms with Crippen LogP contribution < -0.4 is 26.2 Å². The van der Waals surface area contributed by atoms with Gasteiger partial charge in [-0.15, -0.1) is 0 Å². The summed E-state index contributed by atoms with van der Waals surface area (Å²) in [6, 6.07) is 52.8. The molecule has 3 unspecified atom stereocenters. The molecule has 6 aromatic carbocycles. The molecule has 1 fully saturated rings. The Kier molecular flexibility index (Phi) is 6.49. The van der Waals surface area contributed by atoms with Crippen LogP contribution in [0.3, 0.4) is 0 Å². The summed E-state index contributed by atoms with van der Waals surface area (Å²) >= 11 is 0. The Morgan fingerprint density at radius 2 is 1.16 bits per heavy atom. The maximum Gasteiger partial charge on any atom is 0.252 e. The van der Waals surface area contributed by atoms with Crippen LogP contribution >= 0.6 is 0 Å². The van der Waals surface area contributed by atoms with Crippen molar-refractivity contribution in [2.75, 3.05) is 9.80 Å². The second-order valence-corrected chi connectivity index (χ2v) is 16.2. The maximum absolute atomic E-state index is 2.71. The maximum atomic E-state index is 2.71. The van der Waals surface area contributed by atoms with Gasteiger partial charge in [0.1, 0.15) is 0 Å². The normalized spacial score (nSPS) is 23.1. The Morgan fingerprint density at radius 3 is 1.82 bits per heavy atom. The highest BCUT2D eigenvalue weighted by atomic mass is 15.2. The molecule has 51 heavy (non-hydrogen) atoms. The van der Waals surface area contributed by atoms with Crippen LogP contribution in [0.25, 0.3) is 11.1 Å². The number of anilines is 6. The van der Waals surface area contributed by atoms with Crippen LogP contribution in [-0.4, -0.2) is 6.71 Å². The molecule has 250 valence electrons. The summed E-state index contributed by atoms with van der Waals surface area (Å²) in [7, 11) is 0. The van der Waals surface area contributed by atoms with E-state index in [1.165, 1.54) is 74.5 Å². The molecule has 0 bridgehead atoms. The number of fused-ring (bicyclic) bond motifs is 9. The molecular formula is C48H45BN2.